The molecule has 9 heteroatoms. The molecule has 0 aliphatic rings. The highest BCUT2D eigenvalue weighted by atomic mass is 19.2. The summed E-state index contributed by atoms with van der Waals surface area (Å²) >= 11 is 0. The smallest absolute Gasteiger partial charge is 0.325 e. The molecule has 0 radical (unpaired) electrons. The standard InChI is InChI=1S/C15H17F2NO6/c1-8(19)7-24-13-11(5-4-10(16)12(13)17)18-6-9(14(20)22-2)15(21)23-3/h4-6,8-9,19H,7H2,1-3H3. The fourth-order valence-electron chi connectivity index (χ4n) is 1.59. The number of benzene rings is 1. The van der Waals surface area contributed by atoms with Gasteiger partial charge in [0.25, 0.3) is 0 Å². The zero-order chi connectivity index (χ0) is 18.3. The lowest BCUT2D eigenvalue weighted by Crippen LogP contribution is -2.27. The lowest BCUT2D eigenvalue weighted by atomic mass is 10.1. The van der Waals surface area contributed by atoms with Gasteiger partial charge >= 0.3 is 11.9 Å². The number of nitrogens with zero attached hydrogens (tertiary/aromatic N) is 1. The SMILES string of the molecule is COC(=O)C(C=Nc1ccc(F)c(F)c1OCC(C)O)C(=O)OC. The third-order valence-electron chi connectivity index (χ3n) is 2.77. The van der Waals surface area contributed by atoms with Crippen molar-refractivity contribution in [2.24, 2.45) is 10.9 Å². The van der Waals surface area contributed by atoms with Gasteiger partial charge in [-0.2, -0.15) is 4.39 Å². The summed E-state index contributed by atoms with van der Waals surface area (Å²) in [6.45, 7) is 1.09. The lowest BCUT2D eigenvalue weighted by Gasteiger charge is -2.12. The molecule has 1 rings (SSSR count). The molecule has 132 valence electrons. The minimum absolute atomic E-state index is 0.174. The quantitative estimate of drug-likeness (QED) is 0.456. The number of ether oxygens (including phenoxy) is 3. The molecule has 0 heterocycles. The number of halogens is 2. The highest BCUT2D eigenvalue weighted by Crippen LogP contribution is 2.32. The van der Waals surface area contributed by atoms with E-state index < -0.39 is 41.3 Å². The summed E-state index contributed by atoms with van der Waals surface area (Å²) in [7, 11) is 2.14. The molecule has 0 amide bonds. The first-order valence-electron chi connectivity index (χ1n) is 6.80. The fourth-order valence-corrected chi connectivity index (χ4v) is 1.59. The number of hydrogen-bond donors (Lipinski definition) is 1. The zero-order valence-electron chi connectivity index (χ0n) is 13.3. The van der Waals surface area contributed by atoms with E-state index in [-0.39, 0.29) is 12.3 Å². The number of carbonyl (C=O) groups is 2. The van der Waals surface area contributed by atoms with Gasteiger partial charge in [0.05, 0.1) is 20.3 Å². The van der Waals surface area contributed by atoms with E-state index in [1.54, 1.807) is 0 Å². The van der Waals surface area contributed by atoms with E-state index in [9.17, 15) is 23.5 Å². The fraction of sp³-hybridized carbons (Fsp3) is 0.400. The molecular weight excluding hydrogens is 328 g/mol. The number of aliphatic hydroxyl groups is 1. The Hall–Kier alpha value is -2.55. The molecule has 1 aromatic carbocycles. The van der Waals surface area contributed by atoms with Gasteiger partial charge < -0.3 is 19.3 Å². The van der Waals surface area contributed by atoms with Gasteiger partial charge in [0.2, 0.25) is 5.82 Å². The van der Waals surface area contributed by atoms with Gasteiger partial charge in [-0.15, -0.1) is 0 Å². The molecule has 24 heavy (non-hydrogen) atoms. The Labute approximate surface area is 136 Å². The van der Waals surface area contributed by atoms with E-state index in [1.165, 1.54) is 6.92 Å². The summed E-state index contributed by atoms with van der Waals surface area (Å²) in [6, 6.07) is 1.90. The van der Waals surface area contributed by atoms with Crippen molar-refractivity contribution in [1.82, 2.24) is 0 Å². The van der Waals surface area contributed by atoms with Crippen molar-refractivity contribution >= 4 is 23.8 Å². The van der Waals surface area contributed by atoms with E-state index in [1.807, 2.05) is 0 Å². The Balaban J connectivity index is 3.17. The van der Waals surface area contributed by atoms with Crippen molar-refractivity contribution < 1.29 is 37.7 Å². The second kappa shape index (κ2) is 8.92. The van der Waals surface area contributed by atoms with Crippen LogP contribution in [0.25, 0.3) is 0 Å². The van der Waals surface area contributed by atoms with Crippen molar-refractivity contribution in [2.45, 2.75) is 13.0 Å². The average Bonchev–Trinajstić information content (AvgIpc) is 2.56. The number of esters is 2. The second-order valence-corrected chi connectivity index (χ2v) is 4.67. The molecule has 0 aliphatic heterocycles. The van der Waals surface area contributed by atoms with Crippen LogP contribution in [0.3, 0.4) is 0 Å². The number of aliphatic hydroxyl groups excluding tert-OH is 1. The molecule has 0 bridgehead atoms. The van der Waals surface area contributed by atoms with Crippen LogP contribution in [0.5, 0.6) is 5.75 Å². The summed E-state index contributed by atoms with van der Waals surface area (Å²) in [5.41, 5.74) is -0.174. The van der Waals surface area contributed by atoms with Crippen LogP contribution in [0.15, 0.2) is 17.1 Å². The van der Waals surface area contributed by atoms with Crippen LogP contribution >= 0.6 is 0 Å². The third kappa shape index (κ3) is 4.98. The molecule has 0 saturated carbocycles. The van der Waals surface area contributed by atoms with Gasteiger partial charge in [-0.3, -0.25) is 14.6 Å². The molecule has 0 fully saturated rings. The predicted octanol–water partition coefficient (Wildman–Crippen LogP) is 1.39. The molecule has 1 N–H and O–H groups in total. The minimum Gasteiger partial charge on any atom is -0.485 e. The highest BCUT2D eigenvalue weighted by Gasteiger charge is 2.27. The summed E-state index contributed by atoms with van der Waals surface area (Å²) in [4.78, 5) is 26.9. The van der Waals surface area contributed by atoms with Crippen molar-refractivity contribution in [3.05, 3.63) is 23.8 Å². The van der Waals surface area contributed by atoms with E-state index >= 15 is 0 Å². The summed E-state index contributed by atoms with van der Waals surface area (Å²) < 4.78 is 41.1. The topological polar surface area (TPSA) is 94.4 Å². The normalized spacial score (nSPS) is 12.3. The third-order valence-corrected chi connectivity index (χ3v) is 2.77. The largest absolute Gasteiger partial charge is 0.485 e. The first-order chi connectivity index (χ1) is 11.3. The Kier molecular flexibility index (Phi) is 7.25. The van der Waals surface area contributed by atoms with Gasteiger partial charge in [0.1, 0.15) is 12.3 Å². The van der Waals surface area contributed by atoms with Gasteiger partial charge in [0.15, 0.2) is 17.5 Å². The van der Waals surface area contributed by atoms with Gasteiger partial charge in [-0.05, 0) is 19.1 Å². The van der Waals surface area contributed by atoms with E-state index in [4.69, 9.17) is 4.74 Å². The van der Waals surface area contributed by atoms with Crippen molar-refractivity contribution in [3.8, 4) is 5.75 Å². The molecule has 0 aromatic heterocycles. The Morgan fingerprint density at radius 1 is 1.25 bits per heavy atom. The second-order valence-electron chi connectivity index (χ2n) is 4.67. The van der Waals surface area contributed by atoms with Crippen LogP contribution < -0.4 is 4.74 Å². The van der Waals surface area contributed by atoms with Crippen LogP contribution in [-0.2, 0) is 19.1 Å². The Morgan fingerprint density at radius 3 is 2.33 bits per heavy atom. The van der Waals surface area contributed by atoms with Crippen LogP contribution in [-0.4, -0.2) is 50.2 Å². The molecule has 1 atom stereocenters. The number of rotatable bonds is 7. The molecule has 1 aromatic rings. The van der Waals surface area contributed by atoms with E-state index in [2.05, 4.69) is 14.5 Å². The Bertz CT molecular complexity index is 617. The first kappa shape index (κ1) is 19.5. The maximum Gasteiger partial charge on any atom is 0.325 e. The van der Waals surface area contributed by atoms with Gasteiger partial charge in [-0.1, -0.05) is 0 Å². The lowest BCUT2D eigenvalue weighted by molar-refractivity contribution is -0.154. The molecular formula is C15H17F2NO6. The van der Waals surface area contributed by atoms with Crippen LogP contribution in [0.4, 0.5) is 14.5 Å². The maximum atomic E-state index is 13.8. The number of methoxy groups -OCH3 is 2. The van der Waals surface area contributed by atoms with Gasteiger partial charge in [-0.25, -0.2) is 4.39 Å². The summed E-state index contributed by atoms with van der Waals surface area (Å²) in [5.74, 6) is -6.37. The summed E-state index contributed by atoms with van der Waals surface area (Å²) in [6.07, 6.45) is -0.0538. The Morgan fingerprint density at radius 2 is 1.83 bits per heavy atom. The minimum atomic E-state index is -1.47. The maximum absolute atomic E-state index is 13.8. The van der Waals surface area contributed by atoms with Gasteiger partial charge in [0, 0.05) is 6.21 Å². The molecule has 1 unspecified atom stereocenters. The zero-order valence-corrected chi connectivity index (χ0v) is 13.3. The monoisotopic (exact) mass is 345 g/mol. The van der Waals surface area contributed by atoms with E-state index in [0.717, 1.165) is 32.6 Å². The molecule has 0 spiro atoms. The number of hydrogen-bond acceptors (Lipinski definition) is 7. The average molecular weight is 345 g/mol. The summed E-state index contributed by atoms with van der Waals surface area (Å²) in [5, 5.41) is 9.19. The van der Waals surface area contributed by atoms with Crippen molar-refractivity contribution in [3.63, 3.8) is 0 Å². The first-order valence-corrected chi connectivity index (χ1v) is 6.80. The number of carbonyl (C=O) groups excluding carboxylic acids is 2. The predicted molar refractivity (Wildman–Crippen MR) is 79.2 cm³/mol. The van der Waals surface area contributed by atoms with Crippen LogP contribution in [0, 0.1) is 17.6 Å². The molecule has 0 saturated heterocycles. The molecule has 0 aliphatic carbocycles. The van der Waals surface area contributed by atoms with Crippen LogP contribution in [0.2, 0.25) is 0 Å². The van der Waals surface area contributed by atoms with E-state index in [0.29, 0.717) is 0 Å². The number of aliphatic imine (C=N–C) groups is 1. The van der Waals surface area contributed by atoms with Crippen molar-refractivity contribution in [2.75, 3.05) is 20.8 Å². The van der Waals surface area contributed by atoms with Crippen molar-refractivity contribution in [1.29, 1.82) is 0 Å². The van der Waals surface area contributed by atoms with Crippen LogP contribution in [0.1, 0.15) is 6.92 Å². The molecule has 7 nitrogen and oxygen atoms in total. The highest BCUT2D eigenvalue weighted by molar-refractivity contribution is 6.09.